The van der Waals surface area contributed by atoms with E-state index < -0.39 is 0 Å². The maximum atomic E-state index is 12.8. The van der Waals surface area contributed by atoms with Gasteiger partial charge in [0.2, 0.25) is 5.91 Å². The van der Waals surface area contributed by atoms with Gasteiger partial charge in [-0.25, -0.2) is 0 Å². The third kappa shape index (κ3) is 4.12. The van der Waals surface area contributed by atoms with Crippen LogP contribution >= 0.6 is 11.8 Å². The molecule has 3 rings (SSSR count). The van der Waals surface area contributed by atoms with Crippen LogP contribution in [0.3, 0.4) is 0 Å². The van der Waals surface area contributed by atoms with Crippen LogP contribution in [0.5, 0.6) is 0 Å². The van der Waals surface area contributed by atoms with Crippen LogP contribution in [0.15, 0.2) is 41.6 Å². The Labute approximate surface area is 170 Å². The molecule has 146 valence electrons. The topological polar surface area (TPSA) is 59.8 Å². The second-order valence-electron chi connectivity index (χ2n) is 7.17. The summed E-state index contributed by atoms with van der Waals surface area (Å²) in [6.07, 6.45) is 0. The first-order valence-electron chi connectivity index (χ1n) is 9.31. The van der Waals surface area contributed by atoms with Crippen molar-refractivity contribution in [1.29, 1.82) is 0 Å². The third-order valence-corrected chi connectivity index (χ3v) is 5.77. The van der Waals surface area contributed by atoms with Gasteiger partial charge < -0.3 is 5.32 Å². The minimum Gasteiger partial charge on any atom is -0.325 e. The molecule has 6 heteroatoms. The van der Waals surface area contributed by atoms with E-state index in [2.05, 4.69) is 47.6 Å². The number of benzene rings is 2. The molecule has 1 atom stereocenters. The van der Waals surface area contributed by atoms with Crippen LogP contribution in [-0.2, 0) is 4.79 Å². The highest BCUT2D eigenvalue weighted by Crippen LogP contribution is 2.28. The summed E-state index contributed by atoms with van der Waals surface area (Å²) in [5, 5.41) is 12.0. The van der Waals surface area contributed by atoms with Crippen molar-refractivity contribution in [2.45, 2.75) is 51.9 Å². The lowest BCUT2D eigenvalue weighted by atomic mass is 10.1. The predicted octanol–water partition coefficient (Wildman–Crippen LogP) is 4.93. The quantitative estimate of drug-likeness (QED) is 0.624. The molecule has 1 N–H and O–H groups in total. The highest BCUT2D eigenvalue weighted by atomic mass is 32.2. The van der Waals surface area contributed by atoms with Crippen LogP contribution in [0.4, 0.5) is 5.69 Å². The van der Waals surface area contributed by atoms with Gasteiger partial charge in [-0.1, -0.05) is 47.7 Å². The maximum Gasteiger partial charge on any atom is 0.237 e. The van der Waals surface area contributed by atoms with E-state index in [1.54, 1.807) is 0 Å². The Kier molecular flexibility index (Phi) is 5.89. The van der Waals surface area contributed by atoms with E-state index in [4.69, 9.17) is 0 Å². The second kappa shape index (κ2) is 8.19. The highest BCUT2D eigenvalue weighted by molar-refractivity contribution is 8.00. The van der Waals surface area contributed by atoms with Gasteiger partial charge in [-0.3, -0.25) is 9.36 Å². The van der Waals surface area contributed by atoms with Crippen molar-refractivity contribution in [3.63, 3.8) is 0 Å². The number of hydrogen-bond donors (Lipinski definition) is 1. The Hall–Kier alpha value is -2.60. The molecule has 0 spiro atoms. The first kappa shape index (κ1) is 20.1. The number of thioether (sulfide) groups is 1. The zero-order chi connectivity index (χ0) is 20.4. The normalized spacial score (nSPS) is 12.1. The zero-order valence-corrected chi connectivity index (χ0v) is 18.0. The summed E-state index contributed by atoms with van der Waals surface area (Å²) in [7, 11) is 0. The third-order valence-electron chi connectivity index (χ3n) is 4.73. The van der Waals surface area contributed by atoms with E-state index in [-0.39, 0.29) is 11.2 Å². The van der Waals surface area contributed by atoms with Gasteiger partial charge in [0.15, 0.2) is 5.16 Å². The van der Waals surface area contributed by atoms with Crippen molar-refractivity contribution in [1.82, 2.24) is 14.8 Å². The van der Waals surface area contributed by atoms with Crippen molar-refractivity contribution in [3.8, 4) is 5.69 Å². The molecule has 28 heavy (non-hydrogen) atoms. The van der Waals surface area contributed by atoms with Gasteiger partial charge in [0.1, 0.15) is 5.82 Å². The largest absolute Gasteiger partial charge is 0.325 e. The highest BCUT2D eigenvalue weighted by Gasteiger charge is 2.21. The number of para-hydroxylation sites is 1. The first-order chi connectivity index (χ1) is 13.3. The van der Waals surface area contributed by atoms with Crippen molar-refractivity contribution < 1.29 is 4.79 Å². The molecule has 0 saturated carbocycles. The number of anilines is 1. The Morgan fingerprint density at radius 2 is 1.64 bits per heavy atom. The molecule has 0 aliphatic heterocycles. The van der Waals surface area contributed by atoms with Gasteiger partial charge >= 0.3 is 0 Å². The van der Waals surface area contributed by atoms with Gasteiger partial charge in [0, 0.05) is 5.69 Å². The van der Waals surface area contributed by atoms with Crippen LogP contribution in [-0.4, -0.2) is 25.9 Å². The van der Waals surface area contributed by atoms with E-state index >= 15 is 0 Å². The average Bonchev–Trinajstić information content (AvgIpc) is 2.98. The van der Waals surface area contributed by atoms with E-state index in [9.17, 15) is 4.79 Å². The molecule has 0 radical (unpaired) electrons. The fourth-order valence-electron chi connectivity index (χ4n) is 3.32. The van der Waals surface area contributed by atoms with E-state index in [1.165, 1.54) is 17.3 Å². The number of amides is 1. The smallest absolute Gasteiger partial charge is 0.237 e. The zero-order valence-electron chi connectivity index (χ0n) is 17.2. The molecule has 0 fully saturated rings. The summed E-state index contributed by atoms with van der Waals surface area (Å²) in [4.78, 5) is 12.8. The van der Waals surface area contributed by atoms with Gasteiger partial charge in [-0.15, -0.1) is 10.2 Å². The van der Waals surface area contributed by atoms with Crippen molar-refractivity contribution in [3.05, 3.63) is 64.5 Å². The van der Waals surface area contributed by atoms with Crippen LogP contribution in [0, 0.1) is 34.6 Å². The molecule has 1 amide bonds. The van der Waals surface area contributed by atoms with Crippen molar-refractivity contribution in [2.24, 2.45) is 0 Å². The number of nitrogens with zero attached hydrogens (tertiary/aromatic N) is 3. The van der Waals surface area contributed by atoms with Crippen LogP contribution < -0.4 is 5.32 Å². The molecule has 3 aromatic rings. The summed E-state index contributed by atoms with van der Waals surface area (Å²) in [6, 6.07) is 12.3. The van der Waals surface area contributed by atoms with Gasteiger partial charge in [-0.2, -0.15) is 0 Å². The van der Waals surface area contributed by atoms with Crippen molar-refractivity contribution >= 4 is 23.4 Å². The average molecular weight is 395 g/mol. The molecule has 5 nitrogen and oxygen atoms in total. The molecule has 0 aliphatic carbocycles. The SMILES string of the molecule is Cc1cc(C)c(NC(=O)C(C)Sc2nnc(C)n2-c2ccccc2C)c(C)c1. The van der Waals surface area contributed by atoms with Gasteiger partial charge in [0.05, 0.1) is 10.9 Å². The molecule has 0 bridgehead atoms. The number of aryl methyl sites for hydroxylation is 5. The summed E-state index contributed by atoms with van der Waals surface area (Å²) in [5.74, 6) is 0.756. The second-order valence-corrected chi connectivity index (χ2v) is 8.48. The standard InChI is InChI=1S/C22H26N4OS/c1-13-11-15(3)20(16(4)12-13)23-21(27)17(5)28-22-25-24-18(6)26(22)19-10-8-7-9-14(19)2/h7-12,17H,1-6H3,(H,23,27). The van der Waals surface area contributed by atoms with Crippen molar-refractivity contribution in [2.75, 3.05) is 5.32 Å². The number of carbonyl (C=O) groups is 1. The molecule has 0 aliphatic rings. The predicted molar refractivity (Wildman–Crippen MR) is 115 cm³/mol. The molecular weight excluding hydrogens is 368 g/mol. The summed E-state index contributed by atoms with van der Waals surface area (Å²) in [6.45, 7) is 12.0. The van der Waals surface area contributed by atoms with Crippen LogP contribution in [0.1, 0.15) is 35.0 Å². The number of carbonyl (C=O) groups excluding carboxylic acids is 1. The maximum absolute atomic E-state index is 12.8. The first-order valence-corrected chi connectivity index (χ1v) is 10.2. The number of nitrogens with one attached hydrogen (secondary N) is 1. The lowest BCUT2D eigenvalue weighted by molar-refractivity contribution is -0.115. The molecule has 1 unspecified atom stereocenters. The number of aromatic nitrogens is 3. The lowest BCUT2D eigenvalue weighted by Gasteiger charge is -2.17. The van der Waals surface area contributed by atoms with Gasteiger partial charge in [0.25, 0.3) is 0 Å². The summed E-state index contributed by atoms with van der Waals surface area (Å²) >= 11 is 1.41. The summed E-state index contributed by atoms with van der Waals surface area (Å²) in [5.41, 5.74) is 6.39. The van der Waals surface area contributed by atoms with E-state index in [0.29, 0.717) is 5.16 Å². The minimum absolute atomic E-state index is 0.0444. The minimum atomic E-state index is -0.313. The summed E-state index contributed by atoms with van der Waals surface area (Å²) < 4.78 is 2.01. The molecule has 1 aromatic heterocycles. The number of hydrogen-bond acceptors (Lipinski definition) is 4. The van der Waals surface area contributed by atoms with Gasteiger partial charge in [-0.05, 0) is 64.3 Å². The Morgan fingerprint density at radius 1 is 1.00 bits per heavy atom. The fourth-order valence-corrected chi connectivity index (χ4v) is 4.23. The lowest BCUT2D eigenvalue weighted by Crippen LogP contribution is -2.24. The Morgan fingerprint density at radius 3 is 2.29 bits per heavy atom. The Bertz CT molecular complexity index is 1000. The van der Waals surface area contributed by atoms with Crippen LogP contribution in [0.25, 0.3) is 5.69 Å². The molecule has 0 saturated heterocycles. The monoisotopic (exact) mass is 394 g/mol. The molecule has 2 aromatic carbocycles. The molecule has 1 heterocycles. The van der Waals surface area contributed by atoms with Crippen LogP contribution in [0.2, 0.25) is 0 Å². The van der Waals surface area contributed by atoms with E-state index in [0.717, 1.165) is 33.9 Å². The fraction of sp³-hybridized carbons (Fsp3) is 0.318. The van der Waals surface area contributed by atoms with E-state index in [1.807, 2.05) is 50.5 Å². The number of rotatable bonds is 5. The Balaban J connectivity index is 1.82. The molecular formula is C22H26N4OS.